The van der Waals surface area contributed by atoms with Gasteiger partial charge in [-0.1, -0.05) is 35.9 Å². The van der Waals surface area contributed by atoms with E-state index in [1.54, 1.807) is 48.0 Å². The van der Waals surface area contributed by atoms with E-state index < -0.39 is 5.91 Å². The van der Waals surface area contributed by atoms with Crippen molar-refractivity contribution >= 4 is 40.9 Å². The summed E-state index contributed by atoms with van der Waals surface area (Å²) in [5, 5.41) is 7.75. The first-order chi connectivity index (χ1) is 25.8. The molecule has 54 heavy (non-hydrogen) atoms. The number of piperazine rings is 1. The summed E-state index contributed by atoms with van der Waals surface area (Å²) in [4.78, 5) is 59.5. The first-order valence-corrected chi connectivity index (χ1v) is 18.6. The number of carbonyl (C=O) groups excluding carboxylic acids is 4. The van der Waals surface area contributed by atoms with E-state index in [2.05, 4.69) is 22.3 Å². The number of imidazole rings is 1. The average Bonchev–Trinajstić information content (AvgIpc) is 3.67. The number of primary amides is 1. The molecular formula is C39H49ClN9O5+. The molecule has 4 heterocycles. The average molecular weight is 759 g/mol. The standard InChI is InChI=1S/C39H48ClN9O5/c1-25-35(26(2)48(44-25)18-21-54-5)28-8-6-27(7-9-28)33-23-42-36(45(33)3)37(51)43-30-10-11-31(32(40)22-30)39(53)47-16-14-46(15-17-47)38(52)29-12-19-49(4,20-13-29)24-34(41)50/h6-11,22-23,29H,12-21,24H2,1-5H3,(H2-,41,43,50,51,53)/p+1. The van der Waals surface area contributed by atoms with Crippen molar-refractivity contribution in [3.63, 3.8) is 0 Å². The molecule has 0 atom stereocenters. The van der Waals surface area contributed by atoms with Gasteiger partial charge in [-0.25, -0.2) is 4.98 Å². The number of hydrogen-bond acceptors (Lipinski definition) is 7. The highest BCUT2D eigenvalue weighted by Crippen LogP contribution is 2.31. The van der Waals surface area contributed by atoms with E-state index in [1.165, 1.54) is 0 Å². The third kappa shape index (κ3) is 8.20. The third-order valence-electron chi connectivity index (χ3n) is 10.8. The van der Waals surface area contributed by atoms with Gasteiger partial charge in [-0.05, 0) is 43.2 Å². The van der Waals surface area contributed by atoms with E-state index in [1.807, 2.05) is 47.8 Å². The van der Waals surface area contributed by atoms with Crippen molar-refractivity contribution in [2.45, 2.75) is 33.2 Å². The Balaban J connectivity index is 1.04. The Hall–Kier alpha value is -5.05. The number of benzene rings is 2. The van der Waals surface area contributed by atoms with Gasteiger partial charge >= 0.3 is 0 Å². The molecule has 0 radical (unpaired) electrons. The highest BCUT2D eigenvalue weighted by Gasteiger charge is 2.37. The van der Waals surface area contributed by atoms with Crippen LogP contribution in [0.2, 0.25) is 5.02 Å². The van der Waals surface area contributed by atoms with E-state index in [-0.39, 0.29) is 41.0 Å². The number of aryl methyl sites for hydroxylation is 1. The zero-order valence-corrected chi connectivity index (χ0v) is 32.4. The summed E-state index contributed by atoms with van der Waals surface area (Å²) in [5.74, 6) is -0.740. The number of carbonyl (C=O) groups is 4. The van der Waals surface area contributed by atoms with E-state index >= 15 is 0 Å². The largest absolute Gasteiger partial charge is 0.383 e. The van der Waals surface area contributed by atoms with E-state index in [4.69, 9.17) is 22.1 Å². The second-order valence-electron chi connectivity index (χ2n) is 14.6. The van der Waals surface area contributed by atoms with Crippen LogP contribution in [0, 0.1) is 19.8 Å². The van der Waals surface area contributed by atoms with Gasteiger partial charge in [0.15, 0.2) is 12.4 Å². The number of aromatic nitrogens is 4. The fraction of sp³-hybridized carbons (Fsp3) is 0.436. The lowest BCUT2D eigenvalue weighted by molar-refractivity contribution is -0.907. The van der Waals surface area contributed by atoms with Gasteiger partial charge < -0.3 is 34.6 Å². The fourth-order valence-corrected chi connectivity index (χ4v) is 7.95. The number of likely N-dealkylation sites (N-methyl/N-ethyl adjacent to an activating group) is 1. The molecular weight excluding hydrogens is 710 g/mol. The SMILES string of the molecule is COCCn1nc(C)c(-c2ccc(-c3cnc(C(=O)Nc4ccc(C(=O)N5CCN(C(=O)C6CC[N+](C)(CC(N)=O)CC6)CC5)c(Cl)c4)n3C)cc2)c1C. The minimum absolute atomic E-state index is 0.0877. The Morgan fingerprint density at radius 2 is 1.63 bits per heavy atom. The molecule has 2 aromatic heterocycles. The number of halogens is 1. The second kappa shape index (κ2) is 16.1. The number of likely N-dealkylation sites (tertiary alicyclic amines) is 1. The molecule has 2 fully saturated rings. The molecule has 2 aliphatic rings. The Bertz CT molecular complexity index is 2040. The molecule has 2 aliphatic heterocycles. The van der Waals surface area contributed by atoms with Crippen LogP contribution >= 0.6 is 11.6 Å². The number of methoxy groups -OCH3 is 1. The van der Waals surface area contributed by atoms with Crippen molar-refractivity contribution in [3.05, 3.63) is 76.5 Å². The smallest absolute Gasteiger partial charge is 0.291 e. The van der Waals surface area contributed by atoms with Gasteiger partial charge in [0.05, 0.1) is 61.5 Å². The number of hydrogen-bond donors (Lipinski definition) is 2. The van der Waals surface area contributed by atoms with Crippen molar-refractivity contribution in [1.82, 2.24) is 29.1 Å². The zero-order valence-electron chi connectivity index (χ0n) is 31.6. The predicted molar refractivity (Wildman–Crippen MR) is 206 cm³/mol. The van der Waals surface area contributed by atoms with E-state index in [9.17, 15) is 19.2 Å². The first-order valence-electron chi connectivity index (χ1n) is 18.2. The highest BCUT2D eigenvalue weighted by molar-refractivity contribution is 6.34. The van der Waals surface area contributed by atoms with E-state index in [0.717, 1.165) is 46.9 Å². The molecule has 6 rings (SSSR count). The first kappa shape index (κ1) is 38.7. The monoisotopic (exact) mass is 758 g/mol. The van der Waals surface area contributed by atoms with Crippen molar-refractivity contribution in [2.24, 2.45) is 18.7 Å². The summed E-state index contributed by atoms with van der Waals surface area (Å²) < 4.78 is 9.49. The molecule has 14 nitrogen and oxygen atoms in total. The van der Waals surface area contributed by atoms with Crippen LogP contribution in [0.3, 0.4) is 0 Å². The predicted octanol–water partition coefficient (Wildman–Crippen LogP) is 3.75. The number of nitrogens with zero attached hydrogens (tertiary/aromatic N) is 7. The molecule has 0 spiro atoms. The van der Waals surface area contributed by atoms with Gasteiger partial charge in [-0.15, -0.1) is 0 Å². The van der Waals surface area contributed by atoms with Crippen LogP contribution < -0.4 is 11.1 Å². The number of nitrogens with two attached hydrogens (primary N) is 1. The summed E-state index contributed by atoms with van der Waals surface area (Å²) >= 11 is 6.60. The summed E-state index contributed by atoms with van der Waals surface area (Å²) in [7, 11) is 5.47. The highest BCUT2D eigenvalue weighted by atomic mass is 35.5. The quantitative estimate of drug-likeness (QED) is 0.221. The topological polar surface area (TPSA) is 158 Å². The van der Waals surface area contributed by atoms with E-state index in [0.29, 0.717) is 67.9 Å². The summed E-state index contributed by atoms with van der Waals surface area (Å²) in [6.45, 7) is 8.74. The van der Waals surface area contributed by atoms with Crippen LogP contribution in [0.15, 0.2) is 48.7 Å². The molecule has 4 aromatic rings. The second-order valence-corrected chi connectivity index (χ2v) is 15.0. The number of piperidine rings is 1. The lowest BCUT2D eigenvalue weighted by Crippen LogP contribution is -2.57. The maximum Gasteiger partial charge on any atom is 0.291 e. The maximum absolute atomic E-state index is 13.5. The fourth-order valence-electron chi connectivity index (χ4n) is 7.69. The van der Waals surface area contributed by atoms with Crippen LogP contribution in [-0.2, 0) is 27.9 Å². The van der Waals surface area contributed by atoms with Gasteiger partial charge in [-0.3, -0.25) is 23.9 Å². The molecule has 2 aromatic carbocycles. The third-order valence-corrected chi connectivity index (χ3v) is 11.1. The lowest BCUT2D eigenvalue weighted by atomic mass is 9.93. The number of quaternary nitrogens is 1. The molecule has 0 bridgehead atoms. The minimum Gasteiger partial charge on any atom is -0.383 e. The van der Waals surface area contributed by atoms with Crippen LogP contribution in [0.5, 0.6) is 0 Å². The number of rotatable bonds is 11. The molecule has 4 amide bonds. The molecule has 0 aliphatic carbocycles. The Morgan fingerprint density at radius 1 is 0.981 bits per heavy atom. The maximum atomic E-state index is 13.5. The summed E-state index contributed by atoms with van der Waals surface area (Å²) in [6.07, 6.45) is 3.08. The Morgan fingerprint density at radius 3 is 2.26 bits per heavy atom. The van der Waals surface area contributed by atoms with Gasteiger partial charge in [-0.2, -0.15) is 5.10 Å². The molecule has 0 saturated carbocycles. The summed E-state index contributed by atoms with van der Waals surface area (Å²) in [5.41, 5.74) is 12.0. The normalized spacial score (nSPS) is 18.8. The van der Waals surface area contributed by atoms with Crippen molar-refractivity contribution < 1.29 is 28.4 Å². The molecule has 15 heteroatoms. The molecule has 0 unspecified atom stereocenters. The van der Waals surface area contributed by atoms with Crippen LogP contribution in [0.1, 0.15) is 45.2 Å². The van der Waals surface area contributed by atoms with Crippen molar-refractivity contribution in [2.75, 3.05) is 71.9 Å². The number of nitrogens with one attached hydrogen (secondary N) is 1. The molecule has 3 N–H and O–H groups in total. The Labute approximate surface area is 320 Å². The van der Waals surface area contributed by atoms with Gasteiger partial charge in [0.2, 0.25) is 5.91 Å². The number of ether oxygens (including phenoxy) is 1. The van der Waals surface area contributed by atoms with Crippen LogP contribution in [0.4, 0.5) is 5.69 Å². The molecule has 2 saturated heterocycles. The number of amides is 4. The van der Waals surface area contributed by atoms with Crippen LogP contribution in [0.25, 0.3) is 22.4 Å². The van der Waals surface area contributed by atoms with Crippen molar-refractivity contribution in [1.29, 1.82) is 0 Å². The number of anilines is 1. The Kier molecular flexibility index (Phi) is 11.5. The van der Waals surface area contributed by atoms with Crippen molar-refractivity contribution in [3.8, 4) is 22.4 Å². The van der Waals surface area contributed by atoms with Gasteiger partial charge in [0.25, 0.3) is 17.7 Å². The zero-order chi connectivity index (χ0) is 38.7. The molecule has 286 valence electrons. The van der Waals surface area contributed by atoms with Gasteiger partial charge in [0, 0.05) is 76.0 Å². The van der Waals surface area contributed by atoms with Crippen LogP contribution in [-0.4, -0.2) is 124 Å². The summed E-state index contributed by atoms with van der Waals surface area (Å²) in [6, 6.07) is 12.9. The minimum atomic E-state index is -0.416. The lowest BCUT2D eigenvalue weighted by Gasteiger charge is -2.41. The van der Waals surface area contributed by atoms with Gasteiger partial charge in [0.1, 0.15) is 0 Å².